The highest BCUT2D eigenvalue weighted by atomic mass is 16.5. The number of hydrogen-bond acceptors (Lipinski definition) is 4. The summed E-state index contributed by atoms with van der Waals surface area (Å²) in [6.07, 6.45) is 3.82. The molecule has 6 heteroatoms. The van der Waals surface area contributed by atoms with Gasteiger partial charge in [-0.15, -0.1) is 0 Å². The molecule has 2 aromatic carbocycles. The van der Waals surface area contributed by atoms with E-state index >= 15 is 0 Å². The quantitative estimate of drug-likeness (QED) is 0.796. The normalized spacial score (nSPS) is 10.5. The van der Waals surface area contributed by atoms with Crippen molar-refractivity contribution in [1.29, 1.82) is 0 Å². The number of methoxy groups -OCH3 is 3. The van der Waals surface area contributed by atoms with Crippen molar-refractivity contribution in [2.24, 2.45) is 5.73 Å². The van der Waals surface area contributed by atoms with Crippen LogP contribution in [0.25, 0.3) is 12.2 Å². The zero-order valence-corrected chi connectivity index (χ0v) is 13.8. The lowest BCUT2D eigenvalue weighted by molar-refractivity contribution is 0.259. The van der Waals surface area contributed by atoms with Crippen LogP contribution >= 0.6 is 0 Å². The SMILES string of the molecule is COc1cc(/C=C\c2ccc(OC)c(NC(N)=O)c2)cc(OC)c1. The molecular weight excluding hydrogens is 308 g/mol. The predicted octanol–water partition coefficient (Wildman–Crippen LogP) is 3.37. The maximum Gasteiger partial charge on any atom is 0.316 e. The van der Waals surface area contributed by atoms with Crippen LogP contribution in [0, 0.1) is 0 Å². The lowest BCUT2D eigenvalue weighted by Gasteiger charge is -2.09. The Morgan fingerprint density at radius 1 is 0.917 bits per heavy atom. The van der Waals surface area contributed by atoms with Crippen molar-refractivity contribution in [1.82, 2.24) is 0 Å². The number of primary amides is 1. The van der Waals surface area contributed by atoms with E-state index in [1.165, 1.54) is 7.11 Å². The van der Waals surface area contributed by atoms with E-state index < -0.39 is 6.03 Å². The monoisotopic (exact) mass is 328 g/mol. The largest absolute Gasteiger partial charge is 0.497 e. The van der Waals surface area contributed by atoms with Gasteiger partial charge in [0.05, 0.1) is 27.0 Å². The van der Waals surface area contributed by atoms with Gasteiger partial charge in [-0.1, -0.05) is 18.2 Å². The van der Waals surface area contributed by atoms with Crippen LogP contribution in [0.1, 0.15) is 11.1 Å². The number of rotatable bonds is 6. The minimum atomic E-state index is -0.646. The first-order valence-electron chi connectivity index (χ1n) is 7.21. The minimum Gasteiger partial charge on any atom is -0.497 e. The molecule has 24 heavy (non-hydrogen) atoms. The van der Waals surface area contributed by atoms with Gasteiger partial charge in [-0.25, -0.2) is 4.79 Å². The lowest BCUT2D eigenvalue weighted by atomic mass is 10.1. The molecule has 0 saturated carbocycles. The Labute approximate surface area is 140 Å². The second-order valence-electron chi connectivity index (χ2n) is 4.93. The van der Waals surface area contributed by atoms with Crippen LogP contribution in [-0.2, 0) is 0 Å². The van der Waals surface area contributed by atoms with Crippen molar-refractivity contribution in [2.75, 3.05) is 26.6 Å². The first kappa shape index (κ1) is 17.2. The third kappa shape index (κ3) is 4.42. The first-order chi connectivity index (χ1) is 11.5. The molecule has 2 rings (SSSR count). The Hall–Kier alpha value is -3.15. The average Bonchev–Trinajstić information content (AvgIpc) is 2.59. The summed E-state index contributed by atoms with van der Waals surface area (Å²) in [5.74, 6) is 1.95. The fourth-order valence-corrected chi connectivity index (χ4v) is 2.18. The first-order valence-corrected chi connectivity index (χ1v) is 7.21. The zero-order valence-electron chi connectivity index (χ0n) is 13.8. The van der Waals surface area contributed by atoms with Crippen molar-refractivity contribution in [3.8, 4) is 17.2 Å². The smallest absolute Gasteiger partial charge is 0.316 e. The molecule has 0 radical (unpaired) electrons. The number of amides is 2. The third-order valence-corrected chi connectivity index (χ3v) is 3.32. The molecule has 0 aliphatic carbocycles. The Balaban J connectivity index is 2.30. The molecule has 0 unspecified atom stereocenters. The zero-order chi connectivity index (χ0) is 17.5. The molecule has 0 aliphatic rings. The van der Waals surface area contributed by atoms with Gasteiger partial charge in [0.15, 0.2) is 0 Å². The fourth-order valence-electron chi connectivity index (χ4n) is 2.18. The predicted molar refractivity (Wildman–Crippen MR) is 94.7 cm³/mol. The van der Waals surface area contributed by atoms with Crippen LogP contribution in [0.3, 0.4) is 0 Å². The summed E-state index contributed by atoms with van der Waals surface area (Å²) >= 11 is 0. The second kappa shape index (κ2) is 7.92. The van der Waals surface area contributed by atoms with E-state index in [-0.39, 0.29) is 0 Å². The standard InChI is InChI=1S/C18H20N2O4/c1-22-14-8-13(9-15(11-14)23-2)5-4-12-6-7-17(24-3)16(10-12)20-18(19)21/h4-11H,1-3H3,(H3,19,20,21)/b5-4-. The highest BCUT2D eigenvalue weighted by Crippen LogP contribution is 2.27. The summed E-state index contributed by atoms with van der Waals surface area (Å²) < 4.78 is 15.7. The van der Waals surface area contributed by atoms with E-state index in [1.807, 2.05) is 30.4 Å². The summed E-state index contributed by atoms with van der Waals surface area (Å²) in [7, 11) is 4.74. The average molecular weight is 328 g/mol. The lowest BCUT2D eigenvalue weighted by Crippen LogP contribution is -2.19. The molecular formula is C18H20N2O4. The van der Waals surface area contributed by atoms with Crippen molar-refractivity contribution >= 4 is 23.9 Å². The van der Waals surface area contributed by atoms with Crippen molar-refractivity contribution < 1.29 is 19.0 Å². The van der Waals surface area contributed by atoms with Gasteiger partial charge in [-0.05, 0) is 35.4 Å². The fraction of sp³-hybridized carbons (Fsp3) is 0.167. The molecule has 6 nitrogen and oxygen atoms in total. The molecule has 0 aromatic heterocycles. The van der Waals surface area contributed by atoms with Crippen LogP contribution in [0.2, 0.25) is 0 Å². The van der Waals surface area contributed by atoms with E-state index in [0.717, 1.165) is 11.1 Å². The van der Waals surface area contributed by atoms with Gasteiger partial charge in [-0.2, -0.15) is 0 Å². The van der Waals surface area contributed by atoms with Gasteiger partial charge in [0.25, 0.3) is 0 Å². The molecule has 0 atom stereocenters. The van der Waals surface area contributed by atoms with E-state index in [1.54, 1.807) is 32.4 Å². The van der Waals surface area contributed by atoms with Crippen LogP contribution < -0.4 is 25.3 Å². The van der Waals surface area contributed by atoms with E-state index in [0.29, 0.717) is 22.9 Å². The van der Waals surface area contributed by atoms with E-state index in [9.17, 15) is 4.79 Å². The summed E-state index contributed by atoms with van der Waals surface area (Å²) in [6, 6.07) is 10.4. The van der Waals surface area contributed by atoms with E-state index in [4.69, 9.17) is 19.9 Å². The summed E-state index contributed by atoms with van der Waals surface area (Å²) in [4.78, 5) is 11.1. The van der Waals surface area contributed by atoms with Crippen LogP contribution in [0.15, 0.2) is 36.4 Å². The Kier molecular flexibility index (Phi) is 5.68. The van der Waals surface area contributed by atoms with Crippen molar-refractivity contribution in [3.63, 3.8) is 0 Å². The van der Waals surface area contributed by atoms with Gasteiger partial charge >= 0.3 is 6.03 Å². The van der Waals surface area contributed by atoms with Gasteiger partial charge in [0.2, 0.25) is 0 Å². The Bertz CT molecular complexity index is 734. The number of hydrogen-bond donors (Lipinski definition) is 2. The molecule has 0 saturated heterocycles. The number of carbonyl (C=O) groups is 1. The summed E-state index contributed by atoms with van der Waals surface area (Å²) in [5.41, 5.74) is 7.48. The Morgan fingerprint density at radius 2 is 1.54 bits per heavy atom. The van der Waals surface area contributed by atoms with Crippen LogP contribution in [-0.4, -0.2) is 27.4 Å². The number of benzene rings is 2. The topological polar surface area (TPSA) is 82.8 Å². The van der Waals surface area contributed by atoms with Gasteiger partial charge in [0, 0.05) is 6.07 Å². The molecule has 0 heterocycles. The van der Waals surface area contributed by atoms with Gasteiger partial charge < -0.3 is 25.3 Å². The highest BCUT2D eigenvalue weighted by Gasteiger charge is 2.05. The highest BCUT2D eigenvalue weighted by molar-refractivity contribution is 5.90. The number of nitrogens with one attached hydrogen (secondary N) is 1. The molecule has 2 aromatic rings. The number of nitrogens with two attached hydrogens (primary N) is 1. The molecule has 126 valence electrons. The molecule has 3 N–H and O–H groups in total. The van der Waals surface area contributed by atoms with Gasteiger partial charge in [0.1, 0.15) is 17.2 Å². The number of ether oxygens (including phenoxy) is 3. The second-order valence-corrected chi connectivity index (χ2v) is 4.93. The minimum absolute atomic E-state index is 0.510. The Morgan fingerprint density at radius 3 is 2.08 bits per heavy atom. The summed E-state index contributed by atoms with van der Waals surface area (Å²) in [5, 5.41) is 2.54. The van der Waals surface area contributed by atoms with Crippen molar-refractivity contribution in [2.45, 2.75) is 0 Å². The van der Waals surface area contributed by atoms with Crippen LogP contribution in [0.5, 0.6) is 17.2 Å². The summed E-state index contributed by atoms with van der Waals surface area (Å²) in [6.45, 7) is 0. The molecule has 0 aliphatic heterocycles. The van der Waals surface area contributed by atoms with Crippen molar-refractivity contribution in [3.05, 3.63) is 47.5 Å². The maximum atomic E-state index is 11.1. The van der Waals surface area contributed by atoms with Crippen LogP contribution in [0.4, 0.5) is 10.5 Å². The molecule has 0 bridgehead atoms. The maximum absolute atomic E-state index is 11.1. The molecule has 2 amide bonds. The molecule has 0 spiro atoms. The van der Waals surface area contributed by atoms with E-state index in [2.05, 4.69) is 5.32 Å². The third-order valence-electron chi connectivity index (χ3n) is 3.32. The number of carbonyl (C=O) groups excluding carboxylic acids is 1. The van der Waals surface area contributed by atoms with Gasteiger partial charge in [-0.3, -0.25) is 0 Å². The molecule has 0 fully saturated rings. The number of urea groups is 1. The number of anilines is 1.